The van der Waals surface area contributed by atoms with Gasteiger partial charge in [-0.1, -0.05) is 0 Å². The quantitative estimate of drug-likeness (QED) is 0.622. The molecule has 1 unspecified atom stereocenters. The molecule has 9 heteroatoms. The largest absolute Gasteiger partial charge is 0.493 e. The van der Waals surface area contributed by atoms with Crippen LogP contribution in [0.15, 0.2) is 12.1 Å². The second-order valence-electron chi connectivity index (χ2n) is 6.72. The van der Waals surface area contributed by atoms with Crippen molar-refractivity contribution < 1.29 is 28.7 Å². The van der Waals surface area contributed by atoms with E-state index in [9.17, 15) is 9.59 Å². The Bertz CT molecular complexity index is 915. The fraction of sp³-hybridized carbons (Fsp3) is 0.400. The van der Waals surface area contributed by atoms with E-state index in [2.05, 4.69) is 12.2 Å². The molecule has 1 aliphatic heterocycles. The molecule has 0 bridgehead atoms. The number of likely N-dealkylation sites (N-methyl/N-ethyl adjacent to an activating group) is 1. The van der Waals surface area contributed by atoms with Gasteiger partial charge in [-0.3, -0.25) is 9.59 Å². The van der Waals surface area contributed by atoms with E-state index in [1.54, 1.807) is 12.1 Å². The van der Waals surface area contributed by atoms with Crippen LogP contribution in [0.5, 0.6) is 17.2 Å². The number of carbonyl (C=O) groups is 2. The summed E-state index contributed by atoms with van der Waals surface area (Å²) in [7, 11) is 4.47. The smallest absolute Gasteiger partial charge is 0.256 e. The van der Waals surface area contributed by atoms with Gasteiger partial charge >= 0.3 is 0 Å². The fourth-order valence-corrected chi connectivity index (χ4v) is 4.89. The number of quaternary nitrogens is 1. The van der Waals surface area contributed by atoms with E-state index in [0.29, 0.717) is 33.4 Å². The van der Waals surface area contributed by atoms with Crippen LogP contribution in [-0.4, -0.2) is 46.2 Å². The number of carbonyl (C=O) groups excluding carboxylic acids is 2. The van der Waals surface area contributed by atoms with Crippen molar-refractivity contribution in [2.75, 3.05) is 39.7 Å². The first-order valence-electron chi connectivity index (χ1n) is 9.32. The lowest BCUT2D eigenvalue weighted by atomic mass is 10.0. The van der Waals surface area contributed by atoms with Crippen molar-refractivity contribution in [3.8, 4) is 17.2 Å². The number of amides is 2. The number of anilines is 1. The van der Waals surface area contributed by atoms with Gasteiger partial charge in [0.05, 0.1) is 44.9 Å². The highest BCUT2D eigenvalue weighted by molar-refractivity contribution is 7.17. The highest BCUT2D eigenvalue weighted by atomic mass is 32.1. The second kappa shape index (κ2) is 8.71. The number of rotatable bonds is 7. The summed E-state index contributed by atoms with van der Waals surface area (Å²) < 4.78 is 15.9. The van der Waals surface area contributed by atoms with E-state index in [1.165, 1.54) is 37.6 Å². The maximum atomic E-state index is 12.9. The lowest BCUT2D eigenvalue weighted by Crippen LogP contribution is -3.11. The number of methoxy groups -OCH3 is 3. The molecule has 0 saturated heterocycles. The summed E-state index contributed by atoms with van der Waals surface area (Å²) in [6.45, 7) is 4.92. The van der Waals surface area contributed by atoms with Crippen molar-refractivity contribution in [1.29, 1.82) is 0 Å². The third-order valence-electron chi connectivity index (χ3n) is 5.13. The molecule has 1 atom stereocenters. The summed E-state index contributed by atoms with van der Waals surface area (Å²) in [5.41, 5.74) is 7.34. The third kappa shape index (κ3) is 4.01. The average Bonchev–Trinajstić information content (AvgIpc) is 3.09. The number of primary amides is 1. The van der Waals surface area contributed by atoms with E-state index in [4.69, 9.17) is 19.9 Å². The standard InChI is InChI=1S/C20H25N3O5S/c1-5-23-7-6-12-15(10-23)29-20(16(12)18(21)24)22-19(25)11-8-13(26-2)17(28-4)14(9-11)27-3/h8-9H,5-7,10H2,1-4H3,(H2,21,24)(H,22,25)/p+1. The van der Waals surface area contributed by atoms with Crippen LogP contribution in [0.2, 0.25) is 0 Å². The van der Waals surface area contributed by atoms with Crippen LogP contribution in [0.3, 0.4) is 0 Å². The fourth-order valence-electron chi connectivity index (χ4n) is 3.57. The molecule has 2 heterocycles. The first-order valence-corrected chi connectivity index (χ1v) is 10.1. The summed E-state index contributed by atoms with van der Waals surface area (Å²) >= 11 is 1.42. The minimum Gasteiger partial charge on any atom is -0.493 e. The van der Waals surface area contributed by atoms with E-state index in [-0.39, 0.29) is 5.91 Å². The lowest BCUT2D eigenvalue weighted by molar-refractivity contribution is -0.913. The van der Waals surface area contributed by atoms with Gasteiger partial charge in [-0.15, -0.1) is 11.3 Å². The Balaban J connectivity index is 1.95. The van der Waals surface area contributed by atoms with Gasteiger partial charge in [0, 0.05) is 12.0 Å². The van der Waals surface area contributed by atoms with Crippen LogP contribution in [0, 0.1) is 0 Å². The molecule has 4 N–H and O–H groups in total. The number of benzene rings is 1. The van der Waals surface area contributed by atoms with Crippen LogP contribution < -0.4 is 30.2 Å². The van der Waals surface area contributed by atoms with E-state index < -0.39 is 5.91 Å². The minimum absolute atomic E-state index is 0.321. The predicted octanol–water partition coefficient (Wildman–Crippen LogP) is 1.09. The first-order chi connectivity index (χ1) is 13.9. The van der Waals surface area contributed by atoms with Gasteiger partial charge < -0.3 is 30.2 Å². The normalized spacial score (nSPS) is 15.4. The van der Waals surface area contributed by atoms with Crippen LogP contribution in [0.4, 0.5) is 5.00 Å². The average molecular weight is 421 g/mol. The van der Waals surface area contributed by atoms with Crippen molar-refractivity contribution in [2.45, 2.75) is 19.9 Å². The number of nitrogens with two attached hydrogens (primary N) is 1. The Morgan fingerprint density at radius 3 is 2.34 bits per heavy atom. The van der Waals surface area contributed by atoms with Crippen molar-refractivity contribution in [3.63, 3.8) is 0 Å². The molecule has 0 fully saturated rings. The van der Waals surface area contributed by atoms with Gasteiger partial charge in [-0.2, -0.15) is 0 Å². The predicted molar refractivity (Wildman–Crippen MR) is 111 cm³/mol. The van der Waals surface area contributed by atoms with E-state index >= 15 is 0 Å². The molecule has 1 aliphatic rings. The molecule has 3 rings (SSSR count). The number of fused-ring (bicyclic) bond motifs is 1. The summed E-state index contributed by atoms with van der Waals surface area (Å²) in [5.74, 6) is 0.242. The Morgan fingerprint density at radius 1 is 1.17 bits per heavy atom. The molecule has 29 heavy (non-hydrogen) atoms. The van der Waals surface area contributed by atoms with Crippen LogP contribution in [-0.2, 0) is 13.0 Å². The van der Waals surface area contributed by atoms with Crippen molar-refractivity contribution >= 4 is 28.2 Å². The number of ether oxygens (including phenoxy) is 3. The number of nitrogens with one attached hydrogen (secondary N) is 2. The molecule has 8 nitrogen and oxygen atoms in total. The zero-order valence-corrected chi connectivity index (χ0v) is 17.8. The second-order valence-corrected chi connectivity index (χ2v) is 7.83. The van der Waals surface area contributed by atoms with Crippen LogP contribution in [0.1, 0.15) is 38.1 Å². The summed E-state index contributed by atoms with van der Waals surface area (Å²) in [5, 5.41) is 3.34. The number of hydrogen-bond acceptors (Lipinski definition) is 6. The molecule has 2 amide bonds. The third-order valence-corrected chi connectivity index (χ3v) is 6.28. The lowest BCUT2D eigenvalue weighted by Gasteiger charge is -2.22. The molecule has 1 aromatic carbocycles. The van der Waals surface area contributed by atoms with Gasteiger partial charge in [-0.05, 0) is 24.6 Å². The maximum Gasteiger partial charge on any atom is 0.256 e. The zero-order chi connectivity index (χ0) is 21.1. The van der Waals surface area contributed by atoms with Gasteiger partial charge in [-0.25, -0.2) is 0 Å². The highest BCUT2D eigenvalue weighted by Crippen LogP contribution is 2.39. The number of hydrogen-bond donors (Lipinski definition) is 3. The molecule has 0 radical (unpaired) electrons. The van der Waals surface area contributed by atoms with E-state index in [0.717, 1.165) is 36.5 Å². The molecule has 0 spiro atoms. The molecule has 156 valence electrons. The molecular formula is C20H26N3O5S+. The first kappa shape index (κ1) is 20.9. The monoisotopic (exact) mass is 420 g/mol. The summed E-state index contributed by atoms with van der Waals surface area (Å²) in [6, 6.07) is 3.13. The summed E-state index contributed by atoms with van der Waals surface area (Å²) in [6.07, 6.45) is 0.771. The van der Waals surface area contributed by atoms with Gasteiger partial charge in [0.25, 0.3) is 11.8 Å². The van der Waals surface area contributed by atoms with E-state index in [1.807, 2.05) is 0 Å². The Hall–Kier alpha value is -2.78. The Morgan fingerprint density at radius 2 is 1.83 bits per heavy atom. The van der Waals surface area contributed by atoms with Crippen LogP contribution in [0.25, 0.3) is 0 Å². The number of thiophene rings is 1. The molecule has 1 aromatic heterocycles. The summed E-state index contributed by atoms with van der Waals surface area (Å²) in [4.78, 5) is 27.6. The van der Waals surface area contributed by atoms with Crippen molar-refractivity contribution in [3.05, 3.63) is 33.7 Å². The molecule has 0 saturated carbocycles. The molecular weight excluding hydrogens is 394 g/mol. The topological polar surface area (TPSA) is 104 Å². The van der Waals surface area contributed by atoms with Gasteiger partial charge in [0.1, 0.15) is 11.5 Å². The van der Waals surface area contributed by atoms with Crippen molar-refractivity contribution in [1.82, 2.24) is 0 Å². The van der Waals surface area contributed by atoms with Crippen LogP contribution >= 0.6 is 11.3 Å². The van der Waals surface area contributed by atoms with Gasteiger partial charge in [0.15, 0.2) is 11.5 Å². The maximum absolute atomic E-state index is 12.9. The Labute approximate surface area is 173 Å². The SMILES string of the molecule is CC[NH+]1CCc2c(sc(NC(=O)c3cc(OC)c(OC)c(OC)c3)c2C(N)=O)C1. The Kier molecular flexibility index (Phi) is 6.29. The van der Waals surface area contributed by atoms with Crippen molar-refractivity contribution in [2.24, 2.45) is 5.73 Å². The minimum atomic E-state index is -0.525. The molecule has 0 aliphatic carbocycles. The molecule has 2 aromatic rings. The highest BCUT2D eigenvalue weighted by Gasteiger charge is 2.29. The zero-order valence-electron chi connectivity index (χ0n) is 17.0. The van der Waals surface area contributed by atoms with Gasteiger partial charge in [0.2, 0.25) is 5.75 Å².